The van der Waals surface area contributed by atoms with E-state index in [-0.39, 0.29) is 0 Å². The van der Waals surface area contributed by atoms with Crippen molar-refractivity contribution in [3.05, 3.63) is 212 Å². The van der Waals surface area contributed by atoms with Crippen LogP contribution in [0.15, 0.2) is 217 Å². The quantitative estimate of drug-likeness (QED) is 0.155. The molecular weight excluding hydrogens is 655 g/mol. The molecule has 0 saturated carbocycles. The van der Waals surface area contributed by atoms with Crippen molar-refractivity contribution >= 4 is 49.6 Å². The first kappa shape index (κ1) is 31.6. The number of nitrogens with zero attached hydrogens (tertiary/aromatic N) is 1. The molecule has 0 unspecified atom stereocenters. The van der Waals surface area contributed by atoms with E-state index < -0.39 is 0 Å². The molecule has 0 aliphatic rings. The molecule has 10 aromatic rings. The average Bonchev–Trinajstić information content (AvgIpc) is 3.67. The molecule has 54 heavy (non-hydrogen) atoms. The van der Waals surface area contributed by atoms with Crippen LogP contribution in [0.5, 0.6) is 0 Å². The first-order valence-corrected chi connectivity index (χ1v) is 18.4. The maximum absolute atomic E-state index is 6.98. The number of anilines is 3. The van der Waals surface area contributed by atoms with Crippen molar-refractivity contribution in [2.75, 3.05) is 4.90 Å². The Morgan fingerprint density at radius 1 is 0.333 bits per heavy atom. The van der Waals surface area contributed by atoms with Crippen molar-refractivity contribution in [2.24, 2.45) is 0 Å². The van der Waals surface area contributed by atoms with Crippen LogP contribution in [0.1, 0.15) is 0 Å². The molecule has 2 heteroatoms. The van der Waals surface area contributed by atoms with Crippen LogP contribution in [-0.4, -0.2) is 0 Å². The molecule has 9 aromatic carbocycles. The number of rotatable bonds is 7. The van der Waals surface area contributed by atoms with Crippen LogP contribution in [0.3, 0.4) is 0 Å². The zero-order valence-electron chi connectivity index (χ0n) is 29.6. The second kappa shape index (κ2) is 13.4. The highest BCUT2D eigenvalue weighted by atomic mass is 16.3. The fourth-order valence-electron chi connectivity index (χ4n) is 7.97. The van der Waals surface area contributed by atoms with E-state index in [2.05, 4.69) is 217 Å². The van der Waals surface area contributed by atoms with Crippen molar-refractivity contribution in [1.29, 1.82) is 0 Å². The molecule has 0 spiro atoms. The van der Waals surface area contributed by atoms with Gasteiger partial charge in [0.05, 0.1) is 5.69 Å². The van der Waals surface area contributed by atoms with Crippen molar-refractivity contribution in [3.63, 3.8) is 0 Å². The molecule has 1 aromatic heterocycles. The maximum atomic E-state index is 6.98. The van der Waals surface area contributed by atoms with Gasteiger partial charge in [0.1, 0.15) is 11.3 Å². The van der Waals surface area contributed by atoms with Crippen LogP contribution in [-0.2, 0) is 0 Å². The topological polar surface area (TPSA) is 16.4 Å². The van der Waals surface area contributed by atoms with E-state index in [1.165, 1.54) is 32.8 Å². The minimum atomic E-state index is 0.877. The molecule has 0 aliphatic carbocycles. The first-order chi connectivity index (χ1) is 26.8. The fraction of sp³-hybridized carbons (Fsp3) is 0. The zero-order chi connectivity index (χ0) is 35.8. The molecule has 0 atom stereocenters. The van der Waals surface area contributed by atoms with E-state index >= 15 is 0 Å². The van der Waals surface area contributed by atoms with Crippen LogP contribution in [0.25, 0.3) is 77.2 Å². The summed E-state index contributed by atoms with van der Waals surface area (Å²) in [5.41, 5.74) is 12.1. The van der Waals surface area contributed by atoms with E-state index in [1.807, 2.05) is 0 Å². The molecule has 254 valence electrons. The summed E-state index contributed by atoms with van der Waals surface area (Å²) in [6, 6.07) is 75.6. The second-order valence-corrected chi connectivity index (χ2v) is 13.6. The van der Waals surface area contributed by atoms with E-state index in [9.17, 15) is 0 Å². The van der Waals surface area contributed by atoms with Crippen molar-refractivity contribution in [3.8, 4) is 44.7 Å². The van der Waals surface area contributed by atoms with Gasteiger partial charge in [0, 0.05) is 38.8 Å². The standard InChI is InChI=1S/C52H35NO/c1-5-17-36(18-6-1)40-31-34-48(47(35-40)37-19-7-2-8-20-37)53(41-23-11-4-12-24-41)42-32-29-38(30-33-42)49-50-45-27-15-13-25-43(45)44-26-14-16-28-46(44)52(50)54-51(49)39-21-9-3-10-22-39/h1-35H. The summed E-state index contributed by atoms with van der Waals surface area (Å²) in [6.07, 6.45) is 0. The summed E-state index contributed by atoms with van der Waals surface area (Å²) in [7, 11) is 0. The van der Waals surface area contributed by atoms with Gasteiger partial charge in [-0.15, -0.1) is 0 Å². The third kappa shape index (κ3) is 5.44. The molecule has 1 heterocycles. The predicted molar refractivity (Wildman–Crippen MR) is 228 cm³/mol. The third-order valence-corrected chi connectivity index (χ3v) is 10.5. The normalized spacial score (nSPS) is 11.3. The Kier molecular flexibility index (Phi) is 7.85. The number of hydrogen-bond donors (Lipinski definition) is 0. The number of furan rings is 1. The van der Waals surface area contributed by atoms with Crippen LogP contribution in [0.2, 0.25) is 0 Å². The highest BCUT2D eigenvalue weighted by molar-refractivity contribution is 6.28. The minimum absolute atomic E-state index is 0.877. The van der Waals surface area contributed by atoms with E-state index in [1.54, 1.807) is 0 Å². The van der Waals surface area contributed by atoms with Gasteiger partial charge in [-0.25, -0.2) is 0 Å². The average molecular weight is 690 g/mol. The van der Waals surface area contributed by atoms with Crippen LogP contribution in [0.4, 0.5) is 17.1 Å². The van der Waals surface area contributed by atoms with Gasteiger partial charge in [-0.1, -0.05) is 176 Å². The molecule has 0 bridgehead atoms. The molecule has 2 nitrogen and oxygen atoms in total. The fourth-order valence-corrected chi connectivity index (χ4v) is 7.97. The van der Waals surface area contributed by atoms with Gasteiger partial charge in [0.25, 0.3) is 0 Å². The second-order valence-electron chi connectivity index (χ2n) is 13.6. The maximum Gasteiger partial charge on any atom is 0.143 e. The summed E-state index contributed by atoms with van der Waals surface area (Å²) < 4.78 is 6.98. The Hall–Kier alpha value is -7.16. The molecule has 0 aliphatic heterocycles. The van der Waals surface area contributed by atoms with E-state index in [4.69, 9.17) is 4.42 Å². The monoisotopic (exact) mass is 689 g/mol. The van der Waals surface area contributed by atoms with Gasteiger partial charge in [-0.05, 0) is 74.8 Å². The molecule has 0 radical (unpaired) electrons. The van der Waals surface area contributed by atoms with Gasteiger partial charge in [0.15, 0.2) is 0 Å². The summed E-state index contributed by atoms with van der Waals surface area (Å²) in [4.78, 5) is 2.37. The summed E-state index contributed by atoms with van der Waals surface area (Å²) in [5, 5.41) is 5.86. The lowest BCUT2D eigenvalue weighted by molar-refractivity contribution is 0.636. The third-order valence-electron chi connectivity index (χ3n) is 10.5. The van der Waals surface area contributed by atoms with Crippen LogP contribution >= 0.6 is 0 Å². The molecule has 0 saturated heterocycles. The SMILES string of the molecule is c1ccc(-c2ccc(N(c3ccccc3)c3ccc(-c4c(-c5ccccc5)oc5c6ccccc6c6ccccc6c45)cc3)c(-c3ccccc3)c2)cc1. The van der Waals surface area contributed by atoms with Gasteiger partial charge >= 0.3 is 0 Å². The smallest absolute Gasteiger partial charge is 0.143 e. The molecular formula is C52H35NO. The number of benzene rings is 9. The van der Waals surface area contributed by atoms with E-state index in [0.717, 1.165) is 61.4 Å². The zero-order valence-corrected chi connectivity index (χ0v) is 29.6. The van der Waals surface area contributed by atoms with Crippen LogP contribution in [0, 0.1) is 0 Å². The first-order valence-electron chi connectivity index (χ1n) is 18.4. The number of fused-ring (bicyclic) bond motifs is 6. The molecule has 10 rings (SSSR count). The number of para-hydroxylation sites is 1. The molecule has 0 N–H and O–H groups in total. The van der Waals surface area contributed by atoms with Crippen molar-refractivity contribution in [1.82, 2.24) is 0 Å². The summed E-state index contributed by atoms with van der Waals surface area (Å²) >= 11 is 0. The van der Waals surface area contributed by atoms with Gasteiger partial charge in [-0.2, -0.15) is 0 Å². The predicted octanol–water partition coefficient (Wildman–Crippen LogP) is 14.9. The Balaban J connectivity index is 1.19. The number of hydrogen-bond acceptors (Lipinski definition) is 2. The van der Waals surface area contributed by atoms with Crippen molar-refractivity contribution < 1.29 is 4.42 Å². The highest BCUT2D eigenvalue weighted by Gasteiger charge is 2.24. The summed E-state index contributed by atoms with van der Waals surface area (Å²) in [5.74, 6) is 0.877. The Bertz CT molecular complexity index is 2900. The molecule has 0 amide bonds. The van der Waals surface area contributed by atoms with Gasteiger partial charge in [-0.3, -0.25) is 0 Å². The lowest BCUT2D eigenvalue weighted by Gasteiger charge is -2.28. The molecule has 0 fully saturated rings. The Morgan fingerprint density at radius 2 is 0.815 bits per heavy atom. The van der Waals surface area contributed by atoms with Gasteiger partial charge in [0.2, 0.25) is 0 Å². The van der Waals surface area contributed by atoms with E-state index in [0.29, 0.717) is 0 Å². The Labute approximate surface area is 314 Å². The lowest BCUT2D eigenvalue weighted by atomic mass is 9.92. The Morgan fingerprint density at radius 3 is 1.46 bits per heavy atom. The lowest BCUT2D eigenvalue weighted by Crippen LogP contribution is -2.11. The minimum Gasteiger partial charge on any atom is -0.455 e. The van der Waals surface area contributed by atoms with Gasteiger partial charge < -0.3 is 9.32 Å². The summed E-state index contributed by atoms with van der Waals surface area (Å²) in [6.45, 7) is 0. The van der Waals surface area contributed by atoms with Crippen LogP contribution < -0.4 is 4.90 Å². The largest absolute Gasteiger partial charge is 0.455 e. The van der Waals surface area contributed by atoms with Crippen molar-refractivity contribution in [2.45, 2.75) is 0 Å². The highest BCUT2D eigenvalue weighted by Crippen LogP contribution is 2.48.